The summed E-state index contributed by atoms with van der Waals surface area (Å²) in [5.74, 6) is 0. The van der Waals surface area contributed by atoms with Crippen LogP contribution in [-0.2, 0) is 10.2 Å². The van der Waals surface area contributed by atoms with Crippen molar-refractivity contribution in [2.75, 3.05) is 11.4 Å². The van der Waals surface area contributed by atoms with Gasteiger partial charge in [-0.15, -0.1) is 0 Å². The fourth-order valence-corrected chi connectivity index (χ4v) is 2.95. The zero-order chi connectivity index (χ0) is 14.4. The summed E-state index contributed by atoms with van der Waals surface area (Å²) in [7, 11) is 0. The molecule has 0 radical (unpaired) electrons. The van der Waals surface area contributed by atoms with Crippen molar-refractivity contribution in [1.82, 2.24) is 0 Å². The van der Waals surface area contributed by atoms with E-state index in [2.05, 4.69) is 35.8 Å². The fourth-order valence-electron chi connectivity index (χ4n) is 2.37. The van der Waals surface area contributed by atoms with Gasteiger partial charge >= 0.3 is 6.09 Å². The summed E-state index contributed by atoms with van der Waals surface area (Å²) in [6.07, 6.45) is -0.286. The van der Waals surface area contributed by atoms with Crippen LogP contribution in [-0.4, -0.2) is 18.2 Å². The molecule has 1 heterocycles. The average molecular weight is 326 g/mol. The Labute approximate surface area is 123 Å². The summed E-state index contributed by atoms with van der Waals surface area (Å²) < 4.78 is 6.42. The van der Waals surface area contributed by atoms with E-state index in [0.717, 1.165) is 10.2 Å². The minimum atomic E-state index is -0.481. The molecule has 0 unspecified atom stereocenters. The topological polar surface area (TPSA) is 29.5 Å². The van der Waals surface area contributed by atoms with Crippen molar-refractivity contribution in [3.05, 3.63) is 28.2 Å². The van der Waals surface area contributed by atoms with Gasteiger partial charge in [0, 0.05) is 16.4 Å². The van der Waals surface area contributed by atoms with E-state index in [-0.39, 0.29) is 11.5 Å². The van der Waals surface area contributed by atoms with Crippen LogP contribution in [0.2, 0.25) is 0 Å². The van der Waals surface area contributed by atoms with E-state index >= 15 is 0 Å². The predicted octanol–water partition coefficient (Wildman–Crippen LogP) is 4.48. The van der Waals surface area contributed by atoms with Crippen molar-refractivity contribution in [2.24, 2.45) is 0 Å². The number of hydrogen-bond donors (Lipinski definition) is 0. The first-order chi connectivity index (χ1) is 8.62. The van der Waals surface area contributed by atoms with E-state index in [4.69, 9.17) is 4.74 Å². The molecule has 19 heavy (non-hydrogen) atoms. The minimum absolute atomic E-state index is 0.0595. The lowest BCUT2D eigenvalue weighted by atomic mass is 9.87. The summed E-state index contributed by atoms with van der Waals surface area (Å²) in [4.78, 5) is 14.1. The molecule has 2 rings (SSSR count). The average Bonchev–Trinajstić information content (AvgIpc) is 2.50. The fraction of sp³-hybridized carbons (Fsp3) is 0.533. The monoisotopic (exact) mass is 325 g/mol. The van der Waals surface area contributed by atoms with Crippen molar-refractivity contribution in [3.63, 3.8) is 0 Å². The largest absolute Gasteiger partial charge is 0.443 e. The van der Waals surface area contributed by atoms with Crippen LogP contribution in [0.25, 0.3) is 0 Å². The summed E-state index contributed by atoms with van der Waals surface area (Å²) in [6.45, 7) is 10.6. The third kappa shape index (κ3) is 2.78. The molecule has 0 saturated carbocycles. The van der Waals surface area contributed by atoms with E-state index in [1.807, 2.05) is 32.9 Å². The van der Waals surface area contributed by atoms with Gasteiger partial charge in [-0.1, -0.05) is 26.0 Å². The molecule has 104 valence electrons. The highest BCUT2D eigenvalue weighted by Gasteiger charge is 2.40. The number of hydrogen-bond acceptors (Lipinski definition) is 2. The van der Waals surface area contributed by atoms with E-state index < -0.39 is 5.60 Å². The van der Waals surface area contributed by atoms with Crippen molar-refractivity contribution in [2.45, 2.75) is 45.6 Å². The molecule has 0 bridgehead atoms. The van der Waals surface area contributed by atoms with E-state index in [1.165, 1.54) is 5.56 Å². The number of carbonyl (C=O) groups excluding carboxylic acids is 1. The van der Waals surface area contributed by atoms with Gasteiger partial charge < -0.3 is 4.74 Å². The first-order valence-electron chi connectivity index (χ1n) is 6.41. The maximum atomic E-state index is 12.3. The molecule has 0 atom stereocenters. The predicted molar refractivity (Wildman–Crippen MR) is 80.7 cm³/mol. The van der Waals surface area contributed by atoms with Crippen molar-refractivity contribution < 1.29 is 9.53 Å². The van der Waals surface area contributed by atoms with E-state index in [0.29, 0.717) is 6.54 Å². The number of carbonyl (C=O) groups is 1. The van der Waals surface area contributed by atoms with Crippen LogP contribution < -0.4 is 4.90 Å². The van der Waals surface area contributed by atoms with E-state index in [9.17, 15) is 4.79 Å². The minimum Gasteiger partial charge on any atom is -0.443 e. The maximum absolute atomic E-state index is 12.3. The van der Waals surface area contributed by atoms with Crippen molar-refractivity contribution in [3.8, 4) is 0 Å². The lowest BCUT2D eigenvalue weighted by Gasteiger charge is -2.26. The molecule has 1 aromatic rings. The summed E-state index contributed by atoms with van der Waals surface area (Å²) in [5, 5.41) is 0. The number of nitrogens with zero attached hydrogens (tertiary/aromatic N) is 1. The molecular weight excluding hydrogens is 306 g/mol. The number of benzene rings is 1. The Morgan fingerprint density at radius 2 is 2.00 bits per heavy atom. The van der Waals surface area contributed by atoms with Gasteiger partial charge in [-0.2, -0.15) is 0 Å². The normalized spacial score (nSPS) is 17.3. The van der Waals surface area contributed by atoms with Crippen molar-refractivity contribution in [1.29, 1.82) is 0 Å². The van der Waals surface area contributed by atoms with Crippen LogP contribution in [0.15, 0.2) is 22.7 Å². The molecular formula is C15H20BrNO2. The Morgan fingerprint density at radius 1 is 1.37 bits per heavy atom. The smallest absolute Gasteiger partial charge is 0.414 e. The molecule has 0 fully saturated rings. The molecule has 0 spiro atoms. The van der Waals surface area contributed by atoms with E-state index in [1.54, 1.807) is 4.90 Å². The Balaban J connectivity index is 2.40. The lowest BCUT2D eigenvalue weighted by molar-refractivity contribution is 0.0579. The molecule has 0 N–H and O–H groups in total. The first kappa shape index (κ1) is 14.4. The van der Waals surface area contributed by atoms with Gasteiger partial charge in [0.05, 0.1) is 5.69 Å². The van der Waals surface area contributed by atoms with Gasteiger partial charge in [-0.3, -0.25) is 4.90 Å². The highest BCUT2D eigenvalue weighted by Crippen LogP contribution is 2.44. The Morgan fingerprint density at radius 3 is 2.58 bits per heavy atom. The number of rotatable bonds is 0. The first-order valence-corrected chi connectivity index (χ1v) is 7.21. The maximum Gasteiger partial charge on any atom is 0.414 e. The Hall–Kier alpha value is -1.03. The third-order valence-electron chi connectivity index (χ3n) is 3.15. The molecule has 3 nitrogen and oxygen atoms in total. The second kappa shape index (κ2) is 4.51. The quantitative estimate of drug-likeness (QED) is 0.703. The van der Waals surface area contributed by atoms with Gasteiger partial charge in [0.1, 0.15) is 5.60 Å². The van der Waals surface area contributed by atoms with Crippen LogP contribution in [0.1, 0.15) is 40.2 Å². The van der Waals surface area contributed by atoms with Gasteiger partial charge in [0.2, 0.25) is 0 Å². The molecule has 0 aromatic heterocycles. The molecule has 4 heteroatoms. The highest BCUT2D eigenvalue weighted by atomic mass is 79.9. The number of ether oxygens (including phenoxy) is 1. The molecule has 1 aliphatic rings. The third-order valence-corrected chi connectivity index (χ3v) is 3.79. The number of fused-ring (bicyclic) bond motifs is 1. The second-order valence-electron chi connectivity index (χ2n) is 6.59. The van der Waals surface area contributed by atoms with Gasteiger partial charge in [0.15, 0.2) is 0 Å². The lowest BCUT2D eigenvalue weighted by Crippen LogP contribution is -2.38. The molecule has 1 aromatic carbocycles. The summed E-state index contributed by atoms with van der Waals surface area (Å²) in [6, 6.07) is 6.03. The SMILES string of the molecule is CC(C)(C)OC(=O)N1CC(C)(C)c2cccc(Br)c21. The highest BCUT2D eigenvalue weighted by molar-refractivity contribution is 9.10. The molecule has 0 aliphatic carbocycles. The number of amides is 1. The number of anilines is 1. The zero-order valence-corrected chi connectivity index (χ0v) is 13.7. The Kier molecular flexibility index (Phi) is 3.42. The van der Waals surface area contributed by atoms with Crippen LogP contribution in [0, 0.1) is 0 Å². The van der Waals surface area contributed by atoms with Crippen LogP contribution in [0.4, 0.5) is 10.5 Å². The second-order valence-corrected chi connectivity index (χ2v) is 7.44. The van der Waals surface area contributed by atoms with Gasteiger partial charge in [-0.05, 0) is 48.3 Å². The standard InChI is InChI=1S/C15H20BrNO2/c1-14(2,3)19-13(18)17-9-15(4,5)10-7-6-8-11(16)12(10)17/h6-8H,9H2,1-5H3. The Bertz CT molecular complexity index is 517. The number of halogens is 1. The van der Waals surface area contributed by atoms with Crippen LogP contribution in [0.3, 0.4) is 0 Å². The molecule has 1 amide bonds. The molecule has 1 aliphatic heterocycles. The summed E-state index contributed by atoms with van der Waals surface area (Å²) >= 11 is 3.54. The summed E-state index contributed by atoms with van der Waals surface area (Å²) in [5.41, 5.74) is 1.57. The molecule has 0 saturated heterocycles. The number of para-hydroxylation sites is 1. The van der Waals surface area contributed by atoms with Crippen LogP contribution >= 0.6 is 15.9 Å². The van der Waals surface area contributed by atoms with Crippen molar-refractivity contribution >= 4 is 27.7 Å². The zero-order valence-electron chi connectivity index (χ0n) is 12.1. The van der Waals surface area contributed by atoms with Crippen LogP contribution in [0.5, 0.6) is 0 Å². The van der Waals surface area contributed by atoms with Gasteiger partial charge in [-0.25, -0.2) is 4.79 Å². The van der Waals surface area contributed by atoms with Gasteiger partial charge in [0.25, 0.3) is 0 Å².